The Morgan fingerprint density at radius 2 is 0.800 bits per heavy atom. The normalized spacial score (nSPS) is 10.4. The minimum Gasteiger partial charge on any atom is -0.349 e. The van der Waals surface area contributed by atoms with Gasteiger partial charge in [0.05, 0.1) is 0 Å². The van der Waals surface area contributed by atoms with E-state index in [-0.39, 0.29) is 0 Å². The van der Waals surface area contributed by atoms with Crippen molar-refractivity contribution in [3.8, 4) is 0 Å². The predicted octanol–water partition coefficient (Wildman–Crippen LogP) is 0.733. The third-order valence-electron chi connectivity index (χ3n) is 2.32. The molecule has 0 spiro atoms. The van der Waals surface area contributed by atoms with Crippen LogP contribution in [0.1, 0.15) is 0 Å². The highest BCUT2D eigenvalue weighted by Gasteiger charge is 2.16. The Bertz CT molecular complexity index is 298. The first kappa shape index (κ1) is 18.9. The molecule has 0 fully saturated rings. The van der Waals surface area contributed by atoms with Crippen molar-refractivity contribution in [1.29, 1.82) is 0 Å². The molecule has 0 heterocycles. The lowest BCUT2D eigenvalue weighted by Crippen LogP contribution is -2.36. The van der Waals surface area contributed by atoms with Gasteiger partial charge in [0.1, 0.15) is 0 Å². The minimum atomic E-state index is -0.986. The van der Waals surface area contributed by atoms with E-state index in [2.05, 4.69) is 4.67 Å². The molecular formula is C12H30N7P. The Hall–Kier alpha value is -1.07. The van der Waals surface area contributed by atoms with E-state index < -0.39 is 8.37 Å². The van der Waals surface area contributed by atoms with Crippen LogP contribution in [0.2, 0.25) is 0 Å². The lowest BCUT2D eigenvalue weighted by atomic mass is 10.7. The number of guanidine groups is 2. The van der Waals surface area contributed by atoms with Crippen molar-refractivity contribution < 1.29 is 0 Å². The Labute approximate surface area is 125 Å². The molecular weight excluding hydrogens is 273 g/mol. The summed E-state index contributed by atoms with van der Waals surface area (Å²) in [6.45, 7) is 0. The number of hydrogen-bond acceptors (Lipinski definition) is 3. The van der Waals surface area contributed by atoms with E-state index in [1.165, 1.54) is 0 Å². The van der Waals surface area contributed by atoms with E-state index in [0.717, 1.165) is 11.9 Å². The standard InChI is InChI=1S/C12H30N7P/c1-15(2)11(16(3)4)13-20(19(9)10)14-12(17(5)6)18(7)8/h1-10H3. The van der Waals surface area contributed by atoms with Crippen molar-refractivity contribution in [2.75, 3.05) is 70.5 Å². The van der Waals surface area contributed by atoms with Crippen LogP contribution in [-0.2, 0) is 0 Å². The van der Waals surface area contributed by atoms with Crippen LogP contribution in [0.3, 0.4) is 0 Å². The summed E-state index contributed by atoms with van der Waals surface area (Å²) in [5.74, 6) is 1.82. The molecule has 0 aromatic heterocycles. The second-order valence-electron chi connectivity index (χ2n) is 5.49. The van der Waals surface area contributed by atoms with Crippen molar-refractivity contribution in [3.05, 3.63) is 0 Å². The largest absolute Gasteiger partial charge is 0.349 e. The van der Waals surface area contributed by atoms with Crippen molar-refractivity contribution in [2.24, 2.45) is 9.53 Å². The van der Waals surface area contributed by atoms with Crippen LogP contribution in [0.5, 0.6) is 0 Å². The molecule has 0 aliphatic heterocycles. The highest BCUT2D eigenvalue weighted by Crippen LogP contribution is 2.41. The Balaban J connectivity index is 5.55. The quantitative estimate of drug-likeness (QED) is 0.437. The van der Waals surface area contributed by atoms with Crippen molar-refractivity contribution in [3.63, 3.8) is 0 Å². The zero-order valence-electron chi connectivity index (χ0n) is 14.6. The summed E-state index contributed by atoms with van der Waals surface area (Å²) >= 11 is 0. The van der Waals surface area contributed by atoms with Crippen molar-refractivity contribution in [2.45, 2.75) is 0 Å². The van der Waals surface area contributed by atoms with Gasteiger partial charge in [0.15, 0.2) is 0 Å². The number of rotatable bonds is 3. The lowest BCUT2D eigenvalue weighted by Gasteiger charge is -2.28. The van der Waals surface area contributed by atoms with Gasteiger partial charge in [-0.2, -0.15) is 9.53 Å². The van der Waals surface area contributed by atoms with Crippen molar-refractivity contribution in [1.82, 2.24) is 24.3 Å². The predicted molar refractivity (Wildman–Crippen MR) is 90.2 cm³/mol. The average molecular weight is 303 g/mol. The molecule has 20 heavy (non-hydrogen) atoms. The summed E-state index contributed by atoms with van der Waals surface area (Å²) in [5.41, 5.74) is 0. The van der Waals surface area contributed by atoms with E-state index in [1.54, 1.807) is 0 Å². The first-order chi connectivity index (χ1) is 9.07. The van der Waals surface area contributed by atoms with Crippen LogP contribution < -0.4 is 0 Å². The van der Waals surface area contributed by atoms with E-state index in [1.807, 2.05) is 90.1 Å². The monoisotopic (exact) mass is 303 g/mol. The molecule has 0 saturated heterocycles. The molecule has 0 amide bonds. The molecule has 0 aromatic rings. The first-order valence-corrected chi connectivity index (χ1v) is 7.61. The Kier molecular flexibility index (Phi) is 7.83. The third-order valence-corrected chi connectivity index (χ3v) is 3.75. The molecule has 0 unspecified atom stereocenters. The van der Waals surface area contributed by atoms with Gasteiger partial charge in [0.25, 0.3) is 0 Å². The molecule has 0 rings (SSSR count). The molecule has 0 bridgehead atoms. The summed E-state index contributed by atoms with van der Waals surface area (Å²) in [6, 6.07) is 0. The fourth-order valence-electron chi connectivity index (χ4n) is 1.52. The van der Waals surface area contributed by atoms with Crippen LogP contribution in [0.25, 0.3) is 0 Å². The van der Waals surface area contributed by atoms with Crippen LogP contribution in [0.15, 0.2) is 9.53 Å². The van der Waals surface area contributed by atoms with Gasteiger partial charge < -0.3 is 19.6 Å². The molecule has 0 radical (unpaired) electrons. The zero-order valence-corrected chi connectivity index (χ0v) is 15.5. The summed E-state index contributed by atoms with van der Waals surface area (Å²) in [5, 5.41) is 0. The van der Waals surface area contributed by atoms with Crippen LogP contribution in [0, 0.1) is 0 Å². The first-order valence-electron chi connectivity index (χ1n) is 6.41. The fraction of sp³-hybridized carbons (Fsp3) is 0.833. The number of nitrogens with zero attached hydrogens (tertiary/aromatic N) is 7. The zero-order chi connectivity index (χ0) is 16.0. The lowest BCUT2D eigenvalue weighted by molar-refractivity contribution is 0.482. The maximum atomic E-state index is 4.80. The second kappa shape index (κ2) is 8.27. The van der Waals surface area contributed by atoms with Crippen LogP contribution in [0.4, 0.5) is 0 Å². The molecule has 118 valence electrons. The minimum absolute atomic E-state index is 0.908. The molecule has 0 N–H and O–H groups in total. The summed E-state index contributed by atoms with van der Waals surface area (Å²) in [7, 11) is 18.9. The highest BCUT2D eigenvalue weighted by atomic mass is 31.1. The molecule has 8 heteroatoms. The fourth-order valence-corrected chi connectivity index (χ4v) is 2.96. The molecule has 0 aliphatic carbocycles. The maximum Gasteiger partial charge on any atom is 0.224 e. The molecule has 0 aromatic carbocycles. The van der Waals surface area contributed by atoms with E-state index in [0.29, 0.717) is 0 Å². The Morgan fingerprint density at radius 1 is 0.550 bits per heavy atom. The molecule has 0 aliphatic rings. The van der Waals surface area contributed by atoms with Crippen molar-refractivity contribution >= 4 is 20.3 Å². The molecule has 0 saturated carbocycles. The third kappa shape index (κ3) is 5.92. The smallest absolute Gasteiger partial charge is 0.224 e. The van der Waals surface area contributed by atoms with Gasteiger partial charge in [-0.25, -0.2) is 0 Å². The Morgan fingerprint density at radius 3 is 0.950 bits per heavy atom. The van der Waals surface area contributed by atoms with Gasteiger partial charge in [-0.1, -0.05) is 0 Å². The highest BCUT2D eigenvalue weighted by molar-refractivity contribution is 7.52. The van der Waals surface area contributed by atoms with Gasteiger partial charge in [0, 0.05) is 56.4 Å². The topological polar surface area (TPSA) is 40.9 Å². The summed E-state index contributed by atoms with van der Waals surface area (Å²) in [4.78, 5) is 8.00. The van der Waals surface area contributed by atoms with Gasteiger partial charge in [-0.3, -0.25) is 4.67 Å². The maximum absolute atomic E-state index is 4.80. The summed E-state index contributed by atoms with van der Waals surface area (Å²) < 4.78 is 11.6. The molecule has 7 nitrogen and oxygen atoms in total. The summed E-state index contributed by atoms with van der Waals surface area (Å²) in [6.07, 6.45) is 0. The van der Waals surface area contributed by atoms with Gasteiger partial charge >= 0.3 is 0 Å². The molecule has 0 atom stereocenters. The van der Waals surface area contributed by atoms with Crippen LogP contribution >= 0.6 is 8.37 Å². The van der Waals surface area contributed by atoms with Gasteiger partial charge in [-0.05, 0) is 14.1 Å². The second-order valence-corrected chi connectivity index (χ2v) is 7.23. The van der Waals surface area contributed by atoms with Crippen LogP contribution in [-0.4, -0.2) is 107 Å². The number of hydrogen-bond donors (Lipinski definition) is 0. The SMILES string of the molecule is CN(C)C(=NP(N=C(N(C)C)N(C)C)N(C)C)N(C)C. The van der Waals surface area contributed by atoms with E-state index in [9.17, 15) is 0 Å². The van der Waals surface area contributed by atoms with E-state index >= 15 is 0 Å². The van der Waals surface area contributed by atoms with Gasteiger partial charge in [0.2, 0.25) is 20.3 Å². The average Bonchev–Trinajstić information content (AvgIpc) is 2.26. The van der Waals surface area contributed by atoms with Gasteiger partial charge in [-0.15, -0.1) is 0 Å². The van der Waals surface area contributed by atoms with E-state index in [4.69, 9.17) is 9.53 Å².